The van der Waals surface area contributed by atoms with Crippen LogP contribution in [0, 0.1) is 0 Å². The Morgan fingerprint density at radius 3 is 2.16 bits per heavy atom. The summed E-state index contributed by atoms with van der Waals surface area (Å²) in [5.74, 6) is -2.22. The average Bonchev–Trinajstić information content (AvgIpc) is 2.93. The normalized spacial score (nSPS) is 14.9. The summed E-state index contributed by atoms with van der Waals surface area (Å²) < 4.78 is 9.21. The van der Waals surface area contributed by atoms with Crippen molar-refractivity contribution < 1.29 is 33.4 Å². The zero-order valence-corrected chi connectivity index (χ0v) is 13.6. The fourth-order valence-corrected chi connectivity index (χ4v) is 2.15. The number of carbonyl (C=O) groups is 5. The zero-order valence-electron chi connectivity index (χ0n) is 13.6. The SMILES string of the molecule is COC(=O)NC(=O)[C@@H](C)OC(=O)c1ccc(N2C(=O)CCC2=O)cc1. The van der Waals surface area contributed by atoms with Crippen LogP contribution in [0.15, 0.2) is 24.3 Å². The zero-order chi connectivity index (χ0) is 18.6. The number of anilines is 1. The van der Waals surface area contributed by atoms with Gasteiger partial charge < -0.3 is 9.47 Å². The highest BCUT2D eigenvalue weighted by molar-refractivity contribution is 6.19. The van der Waals surface area contributed by atoms with E-state index in [1.807, 2.05) is 5.32 Å². The van der Waals surface area contributed by atoms with Crippen molar-refractivity contribution in [3.8, 4) is 0 Å². The molecule has 0 unspecified atom stereocenters. The number of benzene rings is 1. The minimum atomic E-state index is -1.21. The van der Waals surface area contributed by atoms with Crippen LogP contribution in [0.25, 0.3) is 0 Å². The van der Waals surface area contributed by atoms with Crippen LogP contribution in [-0.2, 0) is 23.9 Å². The molecule has 1 atom stereocenters. The number of nitrogens with one attached hydrogen (secondary N) is 1. The Labute approximate surface area is 142 Å². The summed E-state index contributed by atoms with van der Waals surface area (Å²) >= 11 is 0. The van der Waals surface area contributed by atoms with E-state index in [2.05, 4.69) is 4.74 Å². The van der Waals surface area contributed by atoms with Gasteiger partial charge in [0.25, 0.3) is 5.91 Å². The number of methoxy groups -OCH3 is 1. The van der Waals surface area contributed by atoms with Crippen LogP contribution in [0.4, 0.5) is 10.5 Å². The number of hydrogen-bond acceptors (Lipinski definition) is 7. The van der Waals surface area contributed by atoms with Gasteiger partial charge in [0, 0.05) is 12.8 Å². The molecule has 1 fully saturated rings. The van der Waals surface area contributed by atoms with E-state index in [0.717, 1.165) is 12.0 Å². The molecule has 1 aromatic carbocycles. The molecule has 0 bridgehead atoms. The lowest BCUT2D eigenvalue weighted by molar-refractivity contribution is -0.128. The molecule has 0 aliphatic carbocycles. The number of imide groups is 2. The first-order chi connectivity index (χ1) is 11.8. The van der Waals surface area contributed by atoms with Gasteiger partial charge in [-0.05, 0) is 31.2 Å². The first-order valence-corrected chi connectivity index (χ1v) is 7.39. The maximum atomic E-state index is 12.0. The quantitative estimate of drug-likeness (QED) is 0.630. The number of esters is 1. The first kappa shape index (κ1) is 18.1. The summed E-state index contributed by atoms with van der Waals surface area (Å²) in [6.07, 6.45) is -1.85. The smallest absolute Gasteiger partial charge is 0.413 e. The van der Waals surface area contributed by atoms with Crippen molar-refractivity contribution >= 4 is 35.5 Å². The highest BCUT2D eigenvalue weighted by Crippen LogP contribution is 2.23. The first-order valence-electron chi connectivity index (χ1n) is 7.39. The second-order valence-electron chi connectivity index (χ2n) is 5.20. The van der Waals surface area contributed by atoms with Crippen molar-refractivity contribution in [3.05, 3.63) is 29.8 Å². The molecule has 1 aromatic rings. The van der Waals surface area contributed by atoms with Crippen LogP contribution < -0.4 is 10.2 Å². The van der Waals surface area contributed by atoms with E-state index in [0.29, 0.717) is 5.69 Å². The van der Waals surface area contributed by atoms with Gasteiger partial charge in [0.05, 0.1) is 18.4 Å². The molecule has 9 heteroatoms. The Kier molecular flexibility index (Phi) is 5.48. The topological polar surface area (TPSA) is 119 Å². The van der Waals surface area contributed by atoms with E-state index >= 15 is 0 Å². The van der Waals surface area contributed by atoms with Crippen molar-refractivity contribution in [3.63, 3.8) is 0 Å². The van der Waals surface area contributed by atoms with Gasteiger partial charge in [0.15, 0.2) is 6.10 Å². The van der Waals surface area contributed by atoms with Gasteiger partial charge in [-0.25, -0.2) is 9.59 Å². The number of ether oxygens (including phenoxy) is 2. The molecule has 0 saturated carbocycles. The van der Waals surface area contributed by atoms with Crippen LogP contribution in [-0.4, -0.2) is 43.0 Å². The summed E-state index contributed by atoms with van der Waals surface area (Å²) in [6, 6.07) is 5.64. The van der Waals surface area contributed by atoms with Gasteiger partial charge in [-0.15, -0.1) is 0 Å². The van der Waals surface area contributed by atoms with Gasteiger partial charge in [-0.3, -0.25) is 24.6 Å². The van der Waals surface area contributed by atoms with E-state index in [9.17, 15) is 24.0 Å². The molecule has 0 radical (unpaired) electrons. The molecule has 0 spiro atoms. The molecule has 1 aliphatic rings. The molecule has 25 heavy (non-hydrogen) atoms. The monoisotopic (exact) mass is 348 g/mol. The third-order valence-corrected chi connectivity index (χ3v) is 3.48. The lowest BCUT2D eigenvalue weighted by Gasteiger charge is -2.15. The maximum absolute atomic E-state index is 12.0. The summed E-state index contributed by atoms with van der Waals surface area (Å²) in [5.41, 5.74) is 0.487. The Balaban J connectivity index is 2.00. The molecule has 1 aliphatic heterocycles. The van der Waals surface area contributed by atoms with E-state index in [1.165, 1.54) is 31.2 Å². The molecule has 132 valence electrons. The standard InChI is InChI=1S/C16H16N2O7/c1-9(14(21)17-16(23)24-2)25-15(22)10-3-5-11(6-4-10)18-12(19)7-8-13(18)20/h3-6,9H,7-8H2,1-2H3,(H,17,21,23)/t9-/m1/s1. The second-order valence-corrected chi connectivity index (χ2v) is 5.20. The van der Waals surface area contributed by atoms with Crippen molar-refractivity contribution in [1.82, 2.24) is 5.32 Å². The molecular weight excluding hydrogens is 332 g/mol. The van der Waals surface area contributed by atoms with Crippen LogP contribution in [0.2, 0.25) is 0 Å². The summed E-state index contributed by atoms with van der Waals surface area (Å²) in [6.45, 7) is 1.30. The number of rotatable bonds is 4. The molecule has 1 heterocycles. The molecule has 4 amide bonds. The molecule has 9 nitrogen and oxygen atoms in total. The second kappa shape index (κ2) is 7.56. The number of hydrogen-bond donors (Lipinski definition) is 1. The predicted molar refractivity (Wildman–Crippen MR) is 83.6 cm³/mol. The van der Waals surface area contributed by atoms with Gasteiger partial charge in [0.1, 0.15) is 0 Å². The molecule has 1 N–H and O–H groups in total. The van der Waals surface area contributed by atoms with E-state index in [1.54, 1.807) is 0 Å². The highest BCUT2D eigenvalue weighted by Gasteiger charge is 2.30. The Morgan fingerprint density at radius 2 is 1.64 bits per heavy atom. The Bertz CT molecular complexity index is 711. The van der Waals surface area contributed by atoms with Crippen LogP contribution in [0.3, 0.4) is 0 Å². The van der Waals surface area contributed by atoms with E-state index in [-0.39, 0.29) is 30.2 Å². The fourth-order valence-electron chi connectivity index (χ4n) is 2.15. The summed E-state index contributed by atoms with van der Waals surface area (Å²) in [7, 11) is 1.09. The maximum Gasteiger partial charge on any atom is 0.413 e. The Morgan fingerprint density at radius 1 is 1.08 bits per heavy atom. The van der Waals surface area contributed by atoms with Crippen molar-refractivity contribution in [2.24, 2.45) is 0 Å². The molecule has 1 saturated heterocycles. The molecule has 2 rings (SSSR count). The van der Waals surface area contributed by atoms with E-state index in [4.69, 9.17) is 4.74 Å². The number of nitrogens with zero attached hydrogens (tertiary/aromatic N) is 1. The number of carbonyl (C=O) groups excluding carboxylic acids is 5. The summed E-state index contributed by atoms with van der Waals surface area (Å²) in [4.78, 5) is 59.0. The van der Waals surface area contributed by atoms with Crippen LogP contribution >= 0.6 is 0 Å². The summed E-state index contributed by atoms with van der Waals surface area (Å²) in [5, 5.41) is 1.88. The van der Waals surface area contributed by atoms with Gasteiger partial charge in [-0.2, -0.15) is 0 Å². The predicted octanol–water partition coefficient (Wildman–Crippen LogP) is 0.768. The minimum absolute atomic E-state index is 0.126. The van der Waals surface area contributed by atoms with Gasteiger partial charge >= 0.3 is 12.1 Å². The Hall–Kier alpha value is -3.23. The third-order valence-electron chi connectivity index (χ3n) is 3.48. The van der Waals surface area contributed by atoms with E-state index < -0.39 is 24.1 Å². The van der Waals surface area contributed by atoms with Gasteiger partial charge in [-0.1, -0.05) is 0 Å². The largest absolute Gasteiger partial charge is 0.453 e. The lowest BCUT2D eigenvalue weighted by Crippen LogP contribution is -2.39. The third kappa shape index (κ3) is 4.19. The van der Waals surface area contributed by atoms with Crippen LogP contribution in [0.1, 0.15) is 30.1 Å². The number of alkyl carbamates (subject to hydrolysis) is 1. The van der Waals surface area contributed by atoms with Gasteiger partial charge in [0.2, 0.25) is 11.8 Å². The lowest BCUT2D eigenvalue weighted by atomic mass is 10.2. The molecular formula is C16H16N2O7. The molecule has 0 aromatic heterocycles. The minimum Gasteiger partial charge on any atom is -0.453 e. The highest BCUT2D eigenvalue weighted by atomic mass is 16.6. The number of amides is 4. The average molecular weight is 348 g/mol. The van der Waals surface area contributed by atoms with Crippen molar-refractivity contribution in [1.29, 1.82) is 0 Å². The van der Waals surface area contributed by atoms with Crippen LogP contribution in [0.5, 0.6) is 0 Å². The van der Waals surface area contributed by atoms with Crippen molar-refractivity contribution in [2.75, 3.05) is 12.0 Å². The fraction of sp³-hybridized carbons (Fsp3) is 0.312. The van der Waals surface area contributed by atoms with Crippen molar-refractivity contribution in [2.45, 2.75) is 25.9 Å².